The van der Waals surface area contributed by atoms with Crippen molar-refractivity contribution in [2.45, 2.75) is 6.92 Å². The number of ketones is 1. The molecule has 66 valence electrons. The Hall–Kier alpha value is -1.89. The van der Waals surface area contributed by atoms with Crippen LogP contribution < -0.4 is 0 Å². The zero-order valence-corrected chi connectivity index (χ0v) is 6.84. The summed E-state index contributed by atoms with van der Waals surface area (Å²) in [6.07, 6.45) is 0. The van der Waals surface area contributed by atoms with Crippen LogP contribution in [-0.4, -0.2) is 10.9 Å². The molecule has 0 atom stereocenters. The Bertz CT molecular complexity index is 407. The number of Topliss-reactive ketones (excluding diaryl/α,β-unsaturated/α-hetero) is 1. The number of rotatable bonds is 1. The van der Waals surface area contributed by atoms with Gasteiger partial charge >= 0.3 is 0 Å². The van der Waals surface area contributed by atoms with Gasteiger partial charge in [0.05, 0.1) is 5.56 Å². The third-order valence-corrected chi connectivity index (χ3v) is 1.61. The Kier molecular flexibility index (Phi) is 2.29. The number of halogens is 1. The minimum atomic E-state index is -0.963. The summed E-state index contributed by atoms with van der Waals surface area (Å²) in [7, 11) is 0. The molecular weight excluding hydrogens is 173 g/mol. The number of benzene rings is 1. The first-order valence-electron chi connectivity index (χ1n) is 3.50. The number of nitrogens with zero attached hydrogens (tertiary/aromatic N) is 1. The van der Waals surface area contributed by atoms with Crippen LogP contribution in [0.25, 0.3) is 0 Å². The van der Waals surface area contributed by atoms with Crippen LogP contribution in [-0.2, 0) is 0 Å². The first-order chi connectivity index (χ1) is 6.07. The maximum absolute atomic E-state index is 13.2. The molecule has 0 heterocycles. The summed E-state index contributed by atoms with van der Waals surface area (Å²) in [5, 5.41) is 17.5. The molecule has 1 aromatic rings. The van der Waals surface area contributed by atoms with E-state index in [1.165, 1.54) is 13.0 Å². The van der Waals surface area contributed by atoms with E-state index in [1.807, 2.05) is 0 Å². The third kappa shape index (κ3) is 1.49. The fraction of sp³-hybridized carbons (Fsp3) is 0.111. The number of hydrogen-bond donors (Lipinski definition) is 1. The lowest BCUT2D eigenvalue weighted by Crippen LogP contribution is -1.99. The number of aromatic hydroxyl groups is 1. The van der Waals surface area contributed by atoms with Crippen molar-refractivity contribution in [3.05, 3.63) is 29.1 Å². The second kappa shape index (κ2) is 3.23. The van der Waals surface area contributed by atoms with Crippen molar-refractivity contribution in [1.82, 2.24) is 0 Å². The van der Waals surface area contributed by atoms with Gasteiger partial charge < -0.3 is 5.11 Å². The van der Waals surface area contributed by atoms with Gasteiger partial charge in [-0.1, -0.05) is 0 Å². The van der Waals surface area contributed by atoms with E-state index in [1.54, 1.807) is 0 Å². The third-order valence-electron chi connectivity index (χ3n) is 1.61. The lowest BCUT2D eigenvalue weighted by Gasteiger charge is -2.01. The van der Waals surface area contributed by atoms with Gasteiger partial charge in [0.25, 0.3) is 0 Å². The van der Waals surface area contributed by atoms with Crippen LogP contribution in [0.2, 0.25) is 0 Å². The average Bonchev–Trinajstić information content (AvgIpc) is 2.04. The van der Waals surface area contributed by atoms with E-state index in [0.717, 1.165) is 12.1 Å². The lowest BCUT2D eigenvalue weighted by atomic mass is 10.1. The van der Waals surface area contributed by atoms with Gasteiger partial charge in [-0.05, 0) is 19.1 Å². The zero-order chi connectivity index (χ0) is 10.0. The topological polar surface area (TPSA) is 61.1 Å². The molecule has 1 rings (SSSR count). The van der Waals surface area contributed by atoms with Crippen LogP contribution in [0.15, 0.2) is 12.1 Å². The SMILES string of the molecule is CC(=O)c1ccc(O)c(C#N)c1F. The Balaban J connectivity index is 3.47. The highest BCUT2D eigenvalue weighted by Crippen LogP contribution is 2.22. The summed E-state index contributed by atoms with van der Waals surface area (Å²) in [4.78, 5) is 10.8. The number of phenols is 1. The molecule has 0 aromatic heterocycles. The van der Waals surface area contributed by atoms with Gasteiger partial charge in [-0.2, -0.15) is 5.26 Å². The molecule has 0 spiro atoms. The van der Waals surface area contributed by atoms with Crippen molar-refractivity contribution in [2.75, 3.05) is 0 Å². The molecule has 0 aliphatic rings. The van der Waals surface area contributed by atoms with Crippen molar-refractivity contribution in [3.63, 3.8) is 0 Å². The van der Waals surface area contributed by atoms with Crippen LogP contribution >= 0.6 is 0 Å². The summed E-state index contributed by atoms with van der Waals surface area (Å²) in [5.74, 6) is -1.89. The monoisotopic (exact) mass is 179 g/mol. The molecular formula is C9H6FNO2. The van der Waals surface area contributed by atoms with Crippen molar-refractivity contribution in [1.29, 1.82) is 5.26 Å². The number of hydrogen-bond acceptors (Lipinski definition) is 3. The van der Waals surface area contributed by atoms with Gasteiger partial charge in [0.2, 0.25) is 0 Å². The summed E-state index contributed by atoms with van der Waals surface area (Å²) >= 11 is 0. The Labute approximate surface area is 74.0 Å². The highest BCUT2D eigenvalue weighted by atomic mass is 19.1. The van der Waals surface area contributed by atoms with E-state index in [0.29, 0.717) is 0 Å². The summed E-state index contributed by atoms with van der Waals surface area (Å²) in [6.45, 7) is 1.19. The van der Waals surface area contributed by atoms with E-state index in [9.17, 15) is 9.18 Å². The Morgan fingerprint density at radius 3 is 2.69 bits per heavy atom. The molecule has 0 bridgehead atoms. The lowest BCUT2D eigenvalue weighted by molar-refractivity contribution is 0.101. The Morgan fingerprint density at radius 1 is 1.62 bits per heavy atom. The van der Waals surface area contributed by atoms with Gasteiger partial charge in [0.1, 0.15) is 17.4 Å². The van der Waals surface area contributed by atoms with E-state index < -0.39 is 22.9 Å². The molecule has 1 N–H and O–H groups in total. The van der Waals surface area contributed by atoms with Gasteiger partial charge in [0, 0.05) is 0 Å². The quantitative estimate of drug-likeness (QED) is 0.666. The van der Waals surface area contributed by atoms with E-state index >= 15 is 0 Å². The molecule has 0 amide bonds. The molecule has 0 radical (unpaired) electrons. The summed E-state index contributed by atoms with van der Waals surface area (Å²) in [6, 6.07) is 3.75. The smallest absolute Gasteiger partial charge is 0.162 e. The van der Waals surface area contributed by atoms with Gasteiger partial charge in [-0.25, -0.2) is 4.39 Å². The fourth-order valence-corrected chi connectivity index (χ4v) is 0.944. The summed E-state index contributed by atoms with van der Waals surface area (Å²) in [5.41, 5.74) is -0.679. The maximum Gasteiger partial charge on any atom is 0.162 e. The average molecular weight is 179 g/mol. The highest BCUT2D eigenvalue weighted by Gasteiger charge is 2.14. The minimum absolute atomic E-state index is 0.186. The normalized spacial score (nSPS) is 9.31. The fourth-order valence-electron chi connectivity index (χ4n) is 0.944. The number of carbonyl (C=O) groups excluding carboxylic acids is 1. The van der Waals surface area contributed by atoms with Crippen LogP contribution in [0, 0.1) is 17.1 Å². The molecule has 0 aliphatic heterocycles. The minimum Gasteiger partial charge on any atom is -0.506 e. The molecule has 13 heavy (non-hydrogen) atoms. The predicted octanol–water partition coefficient (Wildman–Crippen LogP) is 1.61. The number of carbonyl (C=O) groups is 1. The second-order valence-electron chi connectivity index (χ2n) is 2.49. The van der Waals surface area contributed by atoms with Crippen LogP contribution in [0.1, 0.15) is 22.8 Å². The number of nitriles is 1. The van der Waals surface area contributed by atoms with Gasteiger partial charge in [-0.3, -0.25) is 4.79 Å². The largest absolute Gasteiger partial charge is 0.506 e. The predicted molar refractivity (Wildman–Crippen MR) is 42.8 cm³/mol. The molecule has 0 aliphatic carbocycles. The molecule has 3 nitrogen and oxygen atoms in total. The van der Waals surface area contributed by atoms with E-state index in [4.69, 9.17) is 10.4 Å². The van der Waals surface area contributed by atoms with Gasteiger partial charge in [0.15, 0.2) is 11.6 Å². The maximum atomic E-state index is 13.2. The molecule has 0 fully saturated rings. The van der Waals surface area contributed by atoms with Crippen LogP contribution in [0.4, 0.5) is 4.39 Å². The van der Waals surface area contributed by atoms with Crippen molar-refractivity contribution >= 4 is 5.78 Å². The highest BCUT2D eigenvalue weighted by molar-refractivity contribution is 5.95. The van der Waals surface area contributed by atoms with Gasteiger partial charge in [-0.15, -0.1) is 0 Å². The van der Waals surface area contributed by atoms with Crippen molar-refractivity contribution in [2.24, 2.45) is 0 Å². The Morgan fingerprint density at radius 2 is 2.23 bits per heavy atom. The van der Waals surface area contributed by atoms with E-state index in [-0.39, 0.29) is 5.56 Å². The molecule has 1 aromatic carbocycles. The molecule has 0 saturated carbocycles. The van der Waals surface area contributed by atoms with Crippen LogP contribution in [0.3, 0.4) is 0 Å². The molecule has 0 unspecified atom stereocenters. The second-order valence-corrected chi connectivity index (χ2v) is 2.49. The zero-order valence-electron chi connectivity index (χ0n) is 6.84. The first-order valence-corrected chi connectivity index (χ1v) is 3.50. The van der Waals surface area contributed by atoms with Crippen LogP contribution in [0.5, 0.6) is 5.75 Å². The van der Waals surface area contributed by atoms with Crippen molar-refractivity contribution < 1.29 is 14.3 Å². The standard InChI is InChI=1S/C9H6FNO2/c1-5(12)6-2-3-8(13)7(4-11)9(6)10/h2-3,13H,1H3. The molecule has 4 heteroatoms. The van der Waals surface area contributed by atoms with E-state index in [2.05, 4.69) is 0 Å². The first kappa shape index (κ1) is 9.20. The molecule has 0 saturated heterocycles. The summed E-state index contributed by atoms with van der Waals surface area (Å²) < 4.78 is 13.2. The van der Waals surface area contributed by atoms with Crippen molar-refractivity contribution in [3.8, 4) is 11.8 Å². The number of phenolic OH excluding ortho intramolecular Hbond substituents is 1.